The van der Waals surface area contributed by atoms with E-state index >= 15 is 0 Å². The molecule has 2 atom stereocenters. The van der Waals surface area contributed by atoms with Gasteiger partial charge in [0, 0.05) is 25.6 Å². The van der Waals surface area contributed by atoms with Crippen molar-refractivity contribution in [3.05, 3.63) is 35.9 Å². The summed E-state index contributed by atoms with van der Waals surface area (Å²) >= 11 is 0. The number of carbonyl (C=O) groups is 2. The summed E-state index contributed by atoms with van der Waals surface area (Å²) in [5, 5.41) is 0. The number of aryl methyl sites for hydroxylation is 1. The van der Waals surface area contributed by atoms with Gasteiger partial charge in [0.2, 0.25) is 0 Å². The topological polar surface area (TPSA) is 46.6 Å². The zero-order valence-electron chi connectivity index (χ0n) is 12.7. The average molecular weight is 289 g/mol. The van der Waals surface area contributed by atoms with Crippen molar-refractivity contribution in [3.8, 4) is 0 Å². The minimum Gasteiger partial charge on any atom is -0.468 e. The Labute approximate surface area is 126 Å². The lowest BCUT2D eigenvalue weighted by atomic mass is 9.94. The summed E-state index contributed by atoms with van der Waals surface area (Å²) in [4.78, 5) is 25.7. The smallest absolute Gasteiger partial charge is 0.317 e. The average Bonchev–Trinajstić information content (AvgIpc) is 2.53. The van der Waals surface area contributed by atoms with Crippen LogP contribution in [0, 0.1) is 5.92 Å². The van der Waals surface area contributed by atoms with Crippen LogP contribution in [0.5, 0.6) is 0 Å². The molecule has 0 amide bonds. The van der Waals surface area contributed by atoms with Gasteiger partial charge in [-0.15, -0.1) is 0 Å². The molecule has 1 heterocycles. The van der Waals surface area contributed by atoms with Crippen LogP contribution < -0.4 is 0 Å². The number of likely N-dealkylation sites (tertiary alicyclic amines) is 1. The largest absolute Gasteiger partial charge is 0.468 e. The highest BCUT2D eigenvalue weighted by molar-refractivity contribution is 5.99. The van der Waals surface area contributed by atoms with Crippen LogP contribution in [0.15, 0.2) is 30.3 Å². The van der Waals surface area contributed by atoms with E-state index in [1.165, 1.54) is 12.7 Å². The van der Waals surface area contributed by atoms with Crippen LogP contribution in [-0.2, 0) is 20.7 Å². The van der Waals surface area contributed by atoms with Crippen molar-refractivity contribution in [2.45, 2.75) is 32.2 Å². The monoisotopic (exact) mass is 289 g/mol. The molecule has 21 heavy (non-hydrogen) atoms. The number of methoxy groups -OCH3 is 1. The molecule has 1 aliphatic rings. The minimum absolute atomic E-state index is 0.00774. The second kappa shape index (κ2) is 7.36. The molecule has 114 valence electrons. The Morgan fingerprint density at radius 1 is 1.38 bits per heavy atom. The lowest BCUT2D eigenvalue weighted by Gasteiger charge is -2.35. The Bertz CT molecular complexity index is 478. The lowest BCUT2D eigenvalue weighted by molar-refractivity contribution is -0.152. The van der Waals surface area contributed by atoms with Crippen molar-refractivity contribution in [2.24, 2.45) is 5.92 Å². The molecule has 0 N–H and O–H groups in total. The van der Waals surface area contributed by atoms with Gasteiger partial charge >= 0.3 is 5.97 Å². The Kier molecular flexibility index (Phi) is 5.51. The third kappa shape index (κ3) is 4.14. The Morgan fingerprint density at radius 3 is 2.76 bits per heavy atom. The summed E-state index contributed by atoms with van der Waals surface area (Å²) in [5.41, 5.74) is 1.32. The van der Waals surface area contributed by atoms with Gasteiger partial charge in [-0.05, 0) is 25.3 Å². The zero-order chi connectivity index (χ0) is 15.2. The van der Waals surface area contributed by atoms with E-state index in [1.54, 1.807) is 0 Å². The first kappa shape index (κ1) is 15.7. The summed E-state index contributed by atoms with van der Waals surface area (Å²) in [5.74, 6) is -1.00. The number of nitrogens with zero attached hydrogens (tertiary/aromatic N) is 1. The minimum atomic E-state index is -0.608. The first-order valence-corrected chi connectivity index (χ1v) is 7.50. The maximum Gasteiger partial charge on any atom is 0.317 e. The van der Waals surface area contributed by atoms with Crippen LogP contribution in [0.3, 0.4) is 0 Å². The molecule has 4 nitrogen and oxygen atoms in total. The lowest BCUT2D eigenvalue weighted by Crippen LogP contribution is -2.48. The highest BCUT2D eigenvalue weighted by Gasteiger charge is 2.34. The van der Waals surface area contributed by atoms with Gasteiger partial charge in [-0.1, -0.05) is 30.3 Å². The fourth-order valence-electron chi connectivity index (χ4n) is 2.81. The van der Waals surface area contributed by atoms with Gasteiger partial charge in [0.15, 0.2) is 0 Å². The van der Waals surface area contributed by atoms with Crippen LogP contribution in [-0.4, -0.2) is 42.9 Å². The van der Waals surface area contributed by atoms with Gasteiger partial charge < -0.3 is 4.74 Å². The van der Waals surface area contributed by atoms with E-state index in [-0.39, 0.29) is 5.78 Å². The molecular formula is C17H23NO3. The second-order valence-corrected chi connectivity index (χ2v) is 5.66. The molecule has 1 fully saturated rings. The number of ketones is 1. The molecule has 1 aromatic rings. The number of esters is 1. The quantitative estimate of drug-likeness (QED) is 0.615. The van der Waals surface area contributed by atoms with Crippen molar-refractivity contribution < 1.29 is 14.3 Å². The fourth-order valence-corrected chi connectivity index (χ4v) is 2.81. The number of ether oxygens (including phenoxy) is 1. The van der Waals surface area contributed by atoms with Gasteiger partial charge in [0.05, 0.1) is 7.11 Å². The second-order valence-electron chi connectivity index (χ2n) is 5.66. The van der Waals surface area contributed by atoms with E-state index in [4.69, 9.17) is 4.74 Å². The molecule has 0 spiro atoms. The third-order valence-electron chi connectivity index (χ3n) is 4.25. The molecular weight excluding hydrogens is 266 g/mol. The molecule has 1 aliphatic heterocycles. The molecule has 1 saturated heterocycles. The maximum absolute atomic E-state index is 11.8. The molecule has 2 rings (SSSR count). The van der Waals surface area contributed by atoms with Gasteiger partial charge in [0.1, 0.15) is 11.7 Å². The molecule has 2 unspecified atom stereocenters. The van der Waals surface area contributed by atoms with Crippen LogP contribution in [0.2, 0.25) is 0 Å². The Hall–Kier alpha value is -1.68. The normalized spacial score (nSPS) is 21.0. The van der Waals surface area contributed by atoms with Gasteiger partial charge in [-0.25, -0.2) is 0 Å². The van der Waals surface area contributed by atoms with Gasteiger partial charge in [-0.2, -0.15) is 0 Å². The summed E-state index contributed by atoms with van der Waals surface area (Å²) in [7, 11) is 1.34. The van der Waals surface area contributed by atoms with Crippen molar-refractivity contribution in [1.82, 2.24) is 4.90 Å². The van der Waals surface area contributed by atoms with Crippen LogP contribution >= 0.6 is 0 Å². The van der Waals surface area contributed by atoms with Crippen molar-refractivity contribution in [3.63, 3.8) is 0 Å². The molecule has 1 aromatic carbocycles. The van der Waals surface area contributed by atoms with Gasteiger partial charge in [-0.3, -0.25) is 14.5 Å². The van der Waals surface area contributed by atoms with Crippen LogP contribution in [0.25, 0.3) is 0 Å². The molecule has 0 aromatic heterocycles. The Balaban J connectivity index is 1.89. The van der Waals surface area contributed by atoms with Crippen LogP contribution in [0.4, 0.5) is 0 Å². The maximum atomic E-state index is 11.8. The fraction of sp³-hybridized carbons (Fsp3) is 0.529. The standard InChI is InChI=1S/C17H23NO3/c1-13(8-9-14-6-4-3-5-7-14)18-11-10-16(19)15(12-18)17(20)21-2/h3-7,13,15H,8-12H2,1-2H3. The highest BCUT2D eigenvalue weighted by Crippen LogP contribution is 2.19. The number of benzene rings is 1. The molecule has 0 saturated carbocycles. The van der Waals surface area contributed by atoms with E-state index in [2.05, 4.69) is 24.0 Å². The summed E-state index contributed by atoms with van der Waals surface area (Å²) in [6.45, 7) is 3.39. The Morgan fingerprint density at radius 2 is 2.10 bits per heavy atom. The van der Waals surface area contributed by atoms with Gasteiger partial charge in [0.25, 0.3) is 0 Å². The van der Waals surface area contributed by atoms with Crippen molar-refractivity contribution in [2.75, 3.05) is 20.2 Å². The van der Waals surface area contributed by atoms with Crippen molar-refractivity contribution in [1.29, 1.82) is 0 Å². The van der Waals surface area contributed by atoms with Crippen LogP contribution in [0.1, 0.15) is 25.3 Å². The predicted octanol–water partition coefficient (Wildman–Crippen LogP) is 2.07. The summed E-state index contributed by atoms with van der Waals surface area (Å²) < 4.78 is 4.73. The molecule has 4 heteroatoms. The van der Waals surface area contributed by atoms with E-state index < -0.39 is 11.9 Å². The summed E-state index contributed by atoms with van der Waals surface area (Å²) in [6, 6.07) is 10.7. The zero-order valence-corrected chi connectivity index (χ0v) is 12.7. The van der Waals surface area contributed by atoms with Crippen molar-refractivity contribution >= 4 is 11.8 Å². The number of carbonyl (C=O) groups excluding carboxylic acids is 2. The highest BCUT2D eigenvalue weighted by atomic mass is 16.5. The SMILES string of the molecule is COC(=O)C1CN(C(C)CCc2ccccc2)CCC1=O. The third-order valence-corrected chi connectivity index (χ3v) is 4.25. The van der Waals surface area contributed by atoms with E-state index in [9.17, 15) is 9.59 Å². The van der Waals surface area contributed by atoms with E-state index in [0.29, 0.717) is 19.0 Å². The van der Waals surface area contributed by atoms with E-state index in [0.717, 1.165) is 19.4 Å². The molecule has 0 bridgehead atoms. The molecule has 0 radical (unpaired) electrons. The number of hydrogen-bond acceptors (Lipinski definition) is 4. The first-order valence-electron chi connectivity index (χ1n) is 7.50. The first-order chi connectivity index (χ1) is 10.1. The molecule has 0 aliphatic carbocycles. The number of Topliss-reactive ketones (excluding diaryl/α,β-unsaturated/α-hetero) is 1. The number of rotatable bonds is 5. The predicted molar refractivity (Wildman–Crippen MR) is 80.9 cm³/mol. The number of piperidine rings is 1. The van der Waals surface area contributed by atoms with E-state index in [1.807, 2.05) is 18.2 Å². The summed E-state index contributed by atoms with van der Waals surface area (Å²) in [6.07, 6.45) is 2.47. The number of hydrogen-bond donors (Lipinski definition) is 0.